The van der Waals surface area contributed by atoms with E-state index in [1.165, 1.54) is 6.20 Å². The van der Waals surface area contributed by atoms with Gasteiger partial charge in [0.25, 0.3) is 0 Å². The third-order valence-corrected chi connectivity index (χ3v) is 2.36. The molecule has 1 aliphatic rings. The molecule has 1 aromatic heterocycles. The van der Waals surface area contributed by atoms with Gasteiger partial charge in [-0.1, -0.05) is 0 Å². The van der Waals surface area contributed by atoms with Crippen LogP contribution in [0.3, 0.4) is 0 Å². The Morgan fingerprint density at radius 1 is 1.57 bits per heavy atom. The Morgan fingerprint density at radius 2 is 2.29 bits per heavy atom. The summed E-state index contributed by atoms with van der Waals surface area (Å²) in [5.74, 6) is -1.07. The van der Waals surface area contributed by atoms with E-state index >= 15 is 0 Å². The highest BCUT2D eigenvalue weighted by atomic mass is 16.4. The zero-order valence-corrected chi connectivity index (χ0v) is 7.19. The van der Waals surface area contributed by atoms with Gasteiger partial charge in [0.1, 0.15) is 6.04 Å². The smallest absolute Gasteiger partial charge is 0.326 e. The van der Waals surface area contributed by atoms with Crippen molar-refractivity contribution < 1.29 is 9.90 Å². The van der Waals surface area contributed by atoms with Crippen LogP contribution in [-0.2, 0) is 11.2 Å². The first-order valence-electron chi connectivity index (χ1n) is 4.17. The standard InChI is InChI=1S/C8H8N2O4/c11-6-7(12)10-4(3-9-6)1-2-5(10)8(13)14/h3,5H,1-2H2,(H,9,11)(H,13,14). The molecule has 2 rings (SSSR count). The highest BCUT2D eigenvalue weighted by molar-refractivity contribution is 5.72. The quantitative estimate of drug-likeness (QED) is 0.570. The molecule has 74 valence electrons. The Bertz CT molecular complexity index is 499. The summed E-state index contributed by atoms with van der Waals surface area (Å²) in [5.41, 5.74) is -0.990. The molecule has 0 saturated carbocycles. The summed E-state index contributed by atoms with van der Waals surface area (Å²) < 4.78 is 1.06. The SMILES string of the molecule is O=C(O)C1CCc2c[nH]c(=O)c(=O)n21. The highest BCUT2D eigenvalue weighted by Gasteiger charge is 2.29. The van der Waals surface area contributed by atoms with Crippen molar-refractivity contribution in [1.82, 2.24) is 9.55 Å². The summed E-state index contributed by atoms with van der Waals surface area (Å²) in [6, 6.07) is -0.889. The molecule has 0 saturated heterocycles. The number of nitrogens with zero attached hydrogens (tertiary/aromatic N) is 1. The van der Waals surface area contributed by atoms with E-state index < -0.39 is 23.1 Å². The zero-order chi connectivity index (χ0) is 10.3. The van der Waals surface area contributed by atoms with E-state index in [4.69, 9.17) is 5.11 Å². The summed E-state index contributed by atoms with van der Waals surface area (Å²) in [4.78, 5) is 35.3. The Hall–Kier alpha value is -1.85. The van der Waals surface area contributed by atoms with E-state index in [0.29, 0.717) is 18.5 Å². The number of H-pyrrole nitrogens is 1. The fourth-order valence-corrected chi connectivity index (χ4v) is 1.70. The lowest BCUT2D eigenvalue weighted by atomic mass is 10.2. The summed E-state index contributed by atoms with van der Waals surface area (Å²) in [6.45, 7) is 0. The second-order valence-corrected chi connectivity index (χ2v) is 3.18. The summed E-state index contributed by atoms with van der Waals surface area (Å²) in [6.07, 6.45) is 2.26. The second kappa shape index (κ2) is 2.83. The molecule has 6 heteroatoms. The van der Waals surface area contributed by atoms with Gasteiger partial charge in [-0.25, -0.2) is 4.79 Å². The van der Waals surface area contributed by atoms with Crippen LogP contribution >= 0.6 is 0 Å². The molecule has 0 aliphatic carbocycles. The van der Waals surface area contributed by atoms with Gasteiger partial charge in [0.15, 0.2) is 0 Å². The van der Waals surface area contributed by atoms with Crippen LogP contribution in [0, 0.1) is 0 Å². The van der Waals surface area contributed by atoms with Gasteiger partial charge in [-0.2, -0.15) is 0 Å². The van der Waals surface area contributed by atoms with E-state index in [0.717, 1.165) is 4.57 Å². The lowest BCUT2D eigenvalue weighted by molar-refractivity contribution is -0.140. The number of nitrogens with one attached hydrogen (secondary N) is 1. The molecule has 14 heavy (non-hydrogen) atoms. The Morgan fingerprint density at radius 3 is 2.93 bits per heavy atom. The van der Waals surface area contributed by atoms with Gasteiger partial charge in [0.05, 0.1) is 0 Å². The van der Waals surface area contributed by atoms with Crippen molar-refractivity contribution in [2.45, 2.75) is 18.9 Å². The topological polar surface area (TPSA) is 92.2 Å². The van der Waals surface area contributed by atoms with Crippen molar-refractivity contribution in [2.75, 3.05) is 0 Å². The summed E-state index contributed by atoms with van der Waals surface area (Å²) in [7, 11) is 0. The van der Waals surface area contributed by atoms with Crippen LogP contribution in [0.2, 0.25) is 0 Å². The molecule has 2 N–H and O–H groups in total. The van der Waals surface area contributed by atoms with Gasteiger partial charge >= 0.3 is 17.1 Å². The number of aromatic nitrogens is 2. The van der Waals surface area contributed by atoms with Crippen LogP contribution in [-0.4, -0.2) is 20.6 Å². The number of carboxylic acids is 1. The van der Waals surface area contributed by atoms with Crippen molar-refractivity contribution in [3.05, 3.63) is 32.6 Å². The van der Waals surface area contributed by atoms with E-state index in [2.05, 4.69) is 4.98 Å². The average Bonchev–Trinajstić information content (AvgIpc) is 2.55. The molecule has 0 amide bonds. The third kappa shape index (κ3) is 1.07. The van der Waals surface area contributed by atoms with Gasteiger partial charge in [0, 0.05) is 11.9 Å². The number of hydrogen-bond acceptors (Lipinski definition) is 3. The largest absolute Gasteiger partial charge is 0.480 e. The maximum Gasteiger partial charge on any atom is 0.326 e. The van der Waals surface area contributed by atoms with Crippen molar-refractivity contribution in [3.8, 4) is 0 Å². The molecule has 2 heterocycles. The molecule has 0 aromatic carbocycles. The number of carboxylic acid groups (broad SMARTS) is 1. The summed E-state index contributed by atoms with van der Waals surface area (Å²) >= 11 is 0. The molecular weight excluding hydrogens is 188 g/mol. The Balaban J connectivity index is 2.69. The van der Waals surface area contributed by atoms with Crippen LogP contribution in [0.5, 0.6) is 0 Å². The number of aliphatic carboxylic acids is 1. The molecule has 1 unspecified atom stereocenters. The van der Waals surface area contributed by atoms with E-state index in [1.807, 2.05) is 0 Å². The lowest BCUT2D eigenvalue weighted by Gasteiger charge is -2.07. The second-order valence-electron chi connectivity index (χ2n) is 3.18. The number of aryl methyl sites for hydroxylation is 1. The number of rotatable bonds is 1. The predicted octanol–water partition coefficient (Wildman–Crippen LogP) is -0.891. The average molecular weight is 196 g/mol. The number of aromatic amines is 1. The fourth-order valence-electron chi connectivity index (χ4n) is 1.70. The number of fused-ring (bicyclic) bond motifs is 1. The molecule has 0 bridgehead atoms. The maximum absolute atomic E-state index is 11.3. The number of carbonyl (C=O) groups is 1. The number of hydrogen-bond donors (Lipinski definition) is 2. The van der Waals surface area contributed by atoms with E-state index in [1.54, 1.807) is 0 Å². The first-order valence-corrected chi connectivity index (χ1v) is 4.17. The van der Waals surface area contributed by atoms with Gasteiger partial charge in [-0.05, 0) is 12.8 Å². The first kappa shape index (κ1) is 8.74. The van der Waals surface area contributed by atoms with Crippen molar-refractivity contribution in [3.63, 3.8) is 0 Å². The molecule has 0 radical (unpaired) electrons. The van der Waals surface area contributed by atoms with Crippen LogP contribution in [0.15, 0.2) is 15.8 Å². The minimum atomic E-state index is -1.07. The predicted molar refractivity (Wildman–Crippen MR) is 46.3 cm³/mol. The van der Waals surface area contributed by atoms with Crippen molar-refractivity contribution in [2.24, 2.45) is 0 Å². The molecule has 1 aliphatic heterocycles. The van der Waals surface area contributed by atoms with Crippen molar-refractivity contribution >= 4 is 5.97 Å². The van der Waals surface area contributed by atoms with Gasteiger partial charge in [-0.3, -0.25) is 14.2 Å². The Kier molecular flexibility index (Phi) is 1.77. The highest BCUT2D eigenvalue weighted by Crippen LogP contribution is 2.21. The molecule has 6 nitrogen and oxygen atoms in total. The minimum absolute atomic E-state index is 0.363. The first-order chi connectivity index (χ1) is 6.61. The fraction of sp³-hybridized carbons (Fsp3) is 0.375. The van der Waals surface area contributed by atoms with Gasteiger partial charge < -0.3 is 10.1 Å². The molecular formula is C8H8N2O4. The minimum Gasteiger partial charge on any atom is -0.480 e. The molecule has 0 spiro atoms. The van der Waals surface area contributed by atoms with Crippen LogP contribution in [0.4, 0.5) is 0 Å². The maximum atomic E-state index is 11.3. The van der Waals surface area contributed by atoms with E-state index in [9.17, 15) is 14.4 Å². The summed E-state index contributed by atoms with van der Waals surface area (Å²) in [5, 5.41) is 8.80. The normalized spacial score (nSPS) is 19.3. The monoisotopic (exact) mass is 196 g/mol. The lowest BCUT2D eigenvalue weighted by Crippen LogP contribution is -2.39. The van der Waals surface area contributed by atoms with Gasteiger partial charge in [0.2, 0.25) is 0 Å². The van der Waals surface area contributed by atoms with Crippen LogP contribution in [0.25, 0.3) is 0 Å². The van der Waals surface area contributed by atoms with E-state index in [-0.39, 0.29) is 0 Å². The Labute approximate surface area is 77.8 Å². The third-order valence-electron chi connectivity index (χ3n) is 2.36. The molecule has 0 fully saturated rings. The van der Waals surface area contributed by atoms with Crippen LogP contribution in [0.1, 0.15) is 18.2 Å². The van der Waals surface area contributed by atoms with Gasteiger partial charge in [-0.15, -0.1) is 0 Å². The van der Waals surface area contributed by atoms with Crippen molar-refractivity contribution in [1.29, 1.82) is 0 Å². The van der Waals surface area contributed by atoms with Crippen LogP contribution < -0.4 is 11.1 Å². The molecule has 1 atom stereocenters. The molecule has 1 aromatic rings. The zero-order valence-electron chi connectivity index (χ0n) is 7.19.